The van der Waals surface area contributed by atoms with Gasteiger partial charge in [0.25, 0.3) is 0 Å². The highest BCUT2D eigenvalue weighted by Gasteiger charge is 2.23. The van der Waals surface area contributed by atoms with Crippen LogP contribution in [0.3, 0.4) is 0 Å². The van der Waals surface area contributed by atoms with Gasteiger partial charge in [0.15, 0.2) is 6.10 Å². The molecule has 5 nitrogen and oxygen atoms in total. The van der Waals surface area contributed by atoms with Crippen molar-refractivity contribution in [2.45, 2.75) is 38.3 Å². The van der Waals surface area contributed by atoms with Crippen molar-refractivity contribution in [3.8, 4) is 0 Å². The minimum atomic E-state index is -0.858. The topological polar surface area (TPSA) is 53.0 Å². The fourth-order valence-electron chi connectivity index (χ4n) is 2.48. The van der Waals surface area contributed by atoms with Crippen LogP contribution in [-0.2, 0) is 9.53 Å². The fourth-order valence-corrected chi connectivity index (χ4v) is 2.48. The van der Waals surface area contributed by atoms with Gasteiger partial charge in [-0.2, -0.15) is 0 Å². The number of rotatable bonds is 8. The van der Waals surface area contributed by atoms with E-state index in [2.05, 4.69) is 23.9 Å². The molecule has 0 spiro atoms. The van der Waals surface area contributed by atoms with Crippen molar-refractivity contribution in [2.24, 2.45) is 0 Å². The summed E-state index contributed by atoms with van der Waals surface area (Å²) in [5, 5.41) is 8.99. The number of carboxylic acid groups (broad SMARTS) is 1. The van der Waals surface area contributed by atoms with Gasteiger partial charge >= 0.3 is 5.97 Å². The van der Waals surface area contributed by atoms with E-state index in [0.29, 0.717) is 19.1 Å². The Morgan fingerprint density at radius 2 is 2.33 bits per heavy atom. The maximum absolute atomic E-state index is 10.9. The van der Waals surface area contributed by atoms with E-state index >= 15 is 0 Å². The molecule has 1 heterocycles. The lowest BCUT2D eigenvalue weighted by Gasteiger charge is -2.26. The Balaban J connectivity index is 2.26. The number of likely N-dealkylation sites (tertiary alicyclic amines) is 1. The number of likely N-dealkylation sites (N-methyl/N-ethyl adjacent to an activating group) is 2. The molecule has 1 aliphatic rings. The van der Waals surface area contributed by atoms with Crippen LogP contribution >= 0.6 is 0 Å². The molecule has 0 radical (unpaired) electrons. The molecule has 1 saturated heterocycles. The lowest BCUT2D eigenvalue weighted by Crippen LogP contribution is -2.38. The van der Waals surface area contributed by atoms with E-state index in [0.717, 1.165) is 13.1 Å². The molecule has 1 aliphatic heterocycles. The van der Waals surface area contributed by atoms with E-state index in [1.54, 1.807) is 0 Å². The summed E-state index contributed by atoms with van der Waals surface area (Å²) in [7, 11) is 4.21. The molecule has 0 saturated carbocycles. The quantitative estimate of drug-likeness (QED) is 0.701. The fraction of sp³-hybridized carbons (Fsp3) is 0.923. The summed E-state index contributed by atoms with van der Waals surface area (Å²) in [5.74, 6) is -0.858. The number of ether oxygens (including phenoxy) is 1. The van der Waals surface area contributed by atoms with Crippen molar-refractivity contribution in [1.82, 2.24) is 9.80 Å². The summed E-state index contributed by atoms with van der Waals surface area (Å²) in [4.78, 5) is 15.5. The minimum absolute atomic E-state index is 0.450. The number of nitrogens with zero attached hydrogens (tertiary/aromatic N) is 2. The third kappa shape index (κ3) is 4.92. The largest absolute Gasteiger partial charge is 0.479 e. The van der Waals surface area contributed by atoms with E-state index in [1.165, 1.54) is 19.4 Å². The number of aliphatic carboxylic acids is 1. The van der Waals surface area contributed by atoms with Crippen LogP contribution in [-0.4, -0.2) is 73.4 Å². The zero-order valence-electron chi connectivity index (χ0n) is 11.8. The molecular formula is C13H26N2O3. The van der Waals surface area contributed by atoms with E-state index in [9.17, 15) is 4.79 Å². The molecule has 5 heteroatoms. The van der Waals surface area contributed by atoms with Gasteiger partial charge in [-0.05, 0) is 46.8 Å². The van der Waals surface area contributed by atoms with E-state index in [1.807, 2.05) is 6.92 Å². The molecule has 1 N–H and O–H groups in total. The SMILES string of the molecule is CCOC(CCN(C)CC1CCCN1C)C(=O)O. The predicted octanol–water partition coefficient (Wildman–Crippen LogP) is 0.892. The van der Waals surface area contributed by atoms with Crippen molar-refractivity contribution in [3.05, 3.63) is 0 Å². The first-order chi connectivity index (χ1) is 8.54. The molecule has 0 aromatic heterocycles. The van der Waals surface area contributed by atoms with Gasteiger partial charge < -0.3 is 19.6 Å². The third-order valence-corrected chi connectivity index (χ3v) is 3.61. The highest BCUT2D eigenvalue weighted by molar-refractivity contribution is 5.72. The molecule has 0 bridgehead atoms. The Morgan fingerprint density at radius 3 is 2.83 bits per heavy atom. The number of carbonyl (C=O) groups is 1. The zero-order valence-corrected chi connectivity index (χ0v) is 11.8. The second-order valence-electron chi connectivity index (χ2n) is 5.11. The second-order valence-corrected chi connectivity index (χ2v) is 5.11. The lowest BCUT2D eigenvalue weighted by atomic mass is 10.2. The normalized spacial score (nSPS) is 22.6. The van der Waals surface area contributed by atoms with Crippen LogP contribution < -0.4 is 0 Å². The molecule has 0 aromatic carbocycles. The van der Waals surface area contributed by atoms with Crippen LogP contribution in [0.1, 0.15) is 26.2 Å². The standard InChI is InChI=1S/C13H26N2O3/c1-4-18-12(13(16)17)7-9-14(2)10-11-6-5-8-15(11)3/h11-12H,4-10H2,1-3H3,(H,16,17). The Morgan fingerprint density at radius 1 is 1.61 bits per heavy atom. The highest BCUT2D eigenvalue weighted by atomic mass is 16.5. The van der Waals surface area contributed by atoms with Crippen molar-refractivity contribution < 1.29 is 14.6 Å². The summed E-state index contributed by atoms with van der Waals surface area (Å²) in [6, 6.07) is 0.616. The third-order valence-electron chi connectivity index (χ3n) is 3.61. The smallest absolute Gasteiger partial charge is 0.332 e. The summed E-state index contributed by atoms with van der Waals surface area (Å²) in [6.07, 6.45) is 2.40. The molecule has 18 heavy (non-hydrogen) atoms. The van der Waals surface area contributed by atoms with Crippen LogP contribution in [0, 0.1) is 0 Å². The maximum Gasteiger partial charge on any atom is 0.332 e. The van der Waals surface area contributed by atoms with Crippen LogP contribution in [0.2, 0.25) is 0 Å². The van der Waals surface area contributed by atoms with Gasteiger partial charge in [0.1, 0.15) is 0 Å². The van der Waals surface area contributed by atoms with Crippen molar-refractivity contribution in [1.29, 1.82) is 0 Å². The van der Waals surface area contributed by atoms with Gasteiger partial charge in [0.2, 0.25) is 0 Å². The Labute approximate surface area is 110 Å². The van der Waals surface area contributed by atoms with Gasteiger partial charge in [-0.1, -0.05) is 0 Å². The maximum atomic E-state index is 10.9. The van der Waals surface area contributed by atoms with Crippen molar-refractivity contribution in [2.75, 3.05) is 40.3 Å². The van der Waals surface area contributed by atoms with E-state index in [4.69, 9.17) is 9.84 Å². The summed E-state index contributed by atoms with van der Waals surface area (Å²) < 4.78 is 5.21. The van der Waals surface area contributed by atoms with Gasteiger partial charge in [-0.25, -0.2) is 4.79 Å². The molecule has 0 aliphatic carbocycles. The van der Waals surface area contributed by atoms with Crippen LogP contribution in [0.25, 0.3) is 0 Å². The molecule has 1 fully saturated rings. The molecule has 0 aromatic rings. The monoisotopic (exact) mass is 258 g/mol. The zero-order chi connectivity index (χ0) is 13.5. The summed E-state index contributed by atoms with van der Waals surface area (Å²) >= 11 is 0. The van der Waals surface area contributed by atoms with Crippen LogP contribution in [0.5, 0.6) is 0 Å². The van der Waals surface area contributed by atoms with Crippen molar-refractivity contribution >= 4 is 5.97 Å². The Hall–Kier alpha value is -0.650. The average Bonchev–Trinajstić information content (AvgIpc) is 2.70. The molecule has 2 atom stereocenters. The van der Waals surface area contributed by atoms with E-state index < -0.39 is 12.1 Å². The van der Waals surface area contributed by atoms with Gasteiger partial charge in [-0.3, -0.25) is 0 Å². The first-order valence-electron chi connectivity index (χ1n) is 6.77. The van der Waals surface area contributed by atoms with Gasteiger partial charge in [0, 0.05) is 25.7 Å². The molecule has 0 amide bonds. The first-order valence-corrected chi connectivity index (χ1v) is 6.77. The molecular weight excluding hydrogens is 232 g/mol. The van der Waals surface area contributed by atoms with Gasteiger partial charge in [0.05, 0.1) is 0 Å². The highest BCUT2D eigenvalue weighted by Crippen LogP contribution is 2.15. The predicted molar refractivity (Wildman–Crippen MR) is 70.8 cm³/mol. The van der Waals surface area contributed by atoms with Crippen LogP contribution in [0.15, 0.2) is 0 Å². The Bertz CT molecular complexity index is 261. The number of hydrogen-bond acceptors (Lipinski definition) is 4. The minimum Gasteiger partial charge on any atom is -0.479 e. The molecule has 1 rings (SSSR count). The Kier molecular flexibility index (Phi) is 6.60. The summed E-state index contributed by atoms with van der Waals surface area (Å²) in [5.41, 5.74) is 0. The average molecular weight is 258 g/mol. The second kappa shape index (κ2) is 7.71. The van der Waals surface area contributed by atoms with Crippen LogP contribution in [0.4, 0.5) is 0 Å². The first kappa shape index (κ1) is 15.4. The van der Waals surface area contributed by atoms with Crippen molar-refractivity contribution in [3.63, 3.8) is 0 Å². The summed E-state index contributed by atoms with van der Waals surface area (Å²) in [6.45, 7) is 5.23. The number of hydrogen-bond donors (Lipinski definition) is 1. The van der Waals surface area contributed by atoms with E-state index in [-0.39, 0.29) is 0 Å². The van der Waals surface area contributed by atoms with Gasteiger partial charge in [-0.15, -0.1) is 0 Å². The lowest BCUT2D eigenvalue weighted by molar-refractivity contribution is -0.150. The molecule has 2 unspecified atom stereocenters. The number of carboxylic acids is 1. The molecule has 106 valence electrons.